The summed E-state index contributed by atoms with van der Waals surface area (Å²) < 4.78 is 0. The topological polar surface area (TPSA) is 63.7 Å². The number of hydrogen-bond acceptors (Lipinski definition) is 4. The lowest BCUT2D eigenvalue weighted by Gasteiger charge is -2.10. The summed E-state index contributed by atoms with van der Waals surface area (Å²) in [6.07, 6.45) is 0. The largest absolute Gasteiger partial charge is 0.330 e. The van der Waals surface area contributed by atoms with Gasteiger partial charge in [0.15, 0.2) is 0 Å². The van der Waals surface area contributed by atoms with E-state index in [0.717, 1.165) is 6.92 Å². The summed E-state index contributed by atoms with van der Waals surface area (Å²) in [6.45, 7) is 5.13. The number of hydroxylamine groups is 2. The summed E-state index contributed by atoms with van der Waals surface area (Å²) in [5.74, 6) is -1.92. The van der Waals surface area contributed by atoms with E-state index in [-0.39, 0.29) is 11.1 Å². The zero-order valence-electron chi connectivity index (χ0n) is 9.89. The summed E-state index contributed by atoms with van der Waals surface area (Å²) in [7, 11) is 0. The van der Waals surface area contributed by atoms with Gasteiger partial charge >= 0.3 is 5.97 Å². The standard InChI is InChI=1S/C10H7NO4.C2H6/c1-6(12)15-11-9(13)7-4-2-3-5-8(7)10(11)14;1-2/h2-5H,1H3;1-2H3. The number of carbonyl (C=O) groups excluding carboxylic acids is 3. The molecule has 0 atom stereocenters. The molecule has 1 aliphatic heterocycles. The Morgan fingerprint density at radius 1 is 1.06 bits per heavy atom. The highest BCUT2D eigenvalue weighted by Gasteiger charge is 2.37. The van der Waals surface area contributed by atoms with Crippen LogP contribution in [0.4, 0.5) is 0 Å². The summed E-state index contributed by atoms with van der Waals surface area (Å²) >= 11 is 0. The van der Waals surface area contributed by atoms with Crippen molar-refractivity contribution in [2.45, 2.75) is 20.8 Å². The fourth-order valence-electron chi connectivity index (χ4n) is 1.38. The number of hydrogen-bond donors (Lipinski definition) is 0. The minimum Gasteiger partial charge on any atom is -0.330 e. The van der Waals surface area contributed by atoms with Crippen molar-refractivity contribution in [3.8, 4) is 0 Å². The van der Waals surface area contributed by atoms with Gasteiger partial charge in [-0.3, -0.25) is 9.59 Å². The Bertz CT molecular complexity index is 432. The predicted molar refractivity (Wildman–Crippen MR) is 60.1 cm³/mol. The first kappa shape index (κ1) is 12.9. The molecule has 0 aromatic heterocycles. The average molecular weight is 235 g/mol. The first-order valence-corrected chi connectivity index (χ1v) is 5.27. The van der Waals surface area contributed by atoms with Crippen LogP contribution in [0, 0.1) is 0 Å². The van der Waals surface area contributed by atoms with E-state index >= 15 is 0 Å². The molecule has 1 aliphatic rings. The summed E-state index contributed by atoms with van der Waals surface area (Å²) in [4.78, 5) is 38.3. The van der Waals surface area contributed by atoms with Crippen molar-refractivity contribution < 1.29 is 19.2 Å². The molecule has 1 aromatic carbocycles. The van der Waals surface area contributed by atoms with Crippen LogP contribution in [0.1, 0.15) is 41.5 Å². The lowest BCUT2D eigenvalue weighted by Crippen LogP contribution is -2.31. The maximum absolute atomic E-state index is 11.6. The molecule has 0 unspecified atom stereocenters. The molecule has 0 saturated heterocycles. The highest BCUT2D eigenvalue weighted by atomic mass is 16.7. The number of rotatable bonds is 1. The molecule has 0 bridgehead atoms. The van der Waals surface area contributed by atoms with Crippen molar-refractivity contribution in [3.63, 3.8) is 0 Å². The number of carbonyl (C=O) groups is 3. The molecule has 2 rings (SSSR count). The number of benzene rings is 1. The minimum atomic E-state index is -0.704. The van der Waals surface area contributed by atoms with Crippen LogP contribution in [0.2, 0.25) is 0 Å². The van der Waals surface area contributed by atoms with E-state index in [9.17, 15) is 14.4 Å². The first-order valence-electron chi connectivity index (χ1n) is 5.27. The van der Waals surface area contributed by atoms with Crippen LogP contribution in [0.5, 0.6) is 0 Å². The molecule has 0 spiro atoms. The Morgan fingerprint density at radius 2 is 1.47 bits per heavy atom. The van der Waals surface area contributed by atoms with E-state index in [4.69, 9.17) is 0 Å². The fraction of sp³-hybridized carbons (Fsp3) is 0.250. The van der Waals surface area contributed by atoms with Crippen molar-refractivity contribution in [2.75, 3.05) is 0 Å². The van der Waals surface area contributed by atoms with Gasteiger partial charge in [0.1, 0.15) is 0 Å². The van der Waals surface area contributed by atoms with E-state index in [1.165, 1.54) is 12.1 Å². The van der Waals surface area contributed by atoms with Gasteiger partial charge in [0, 0.05) is 6.92 Å². The average Bonchev–Trinajstić information content (AvgIpc) is 2.57. The Morgan fingerprint density at radius 3 is 1.82 bits per heavy atom. The maximum atomic E-state index is 11.6. The van der Waals surface area contributed by atoms with Crippen molar-refractivity contribution in [1.82, 2.24) is 5.06 Å². The summed E-state index contributed by atoms with van der Waals surface area (Å²) in [6, 6.07) is 6.31. The van der Waals surface area contributed by atoms with E-state index in [2.05, 4.69) is 4.84 Å². The van der Waals surface area contributed by atoms with Crippen LogP contribution in [0.15, 0.2) is 24.3 Å². The molecule has 5 nitrogen and oxygen atoms in total. The van der Waals surface area contributed by atoms with E-state index in [0.29, 0.717) is 5.06 Å². The predicted octanol–water partition coefficient (Wildman–Crippen LogP) is 1.79. The Balaban J connectivity index is 0.000000686. The molecule has 0 saturated carbocycles. The van der Waals surface area contributed by atoms with Gasteiger partial charge in [-0.25, -0.2) is 4.79 Å². The molecule has 0 fully saturated rings. The number of imide groups is 1. The van der Waals surface area contributed by atoms with Crippen molar-refractivity contribution >= 4 is 17.8 Å². The van der Waals surface area contributed by atoms with Crippen LogP contribution >= 0.6 is 0 Å². The van der Waals surface area contributed by atoms with E-state index in [1.807, 2.05) is 13.8 Å². The second-order valence-electron chi connectivity index (χ2n) is 3.03. The third-order valence-corrected chi connectivity index (χ3v) is 1.98. The molecular formula is C12H13NO4. The second kappa shape index (κ2) is 5.25. The quantitative estimate of drug-likeness (QED) is 0.696. The third kappa shape index (κ3) is 2.33. The molecule has 0 radical (unpaired) electrons. The van der Waals surface area contributed by atoms with Gasteiger partial charge in [-0.1, -0.05) is 31.0 Å². The monoisotopic (exact) mass is 235 g/mol. The molecule has 17 heavy (non-hydrogen) atoms. The molecule has 1 aromatic rings. The third-order valence-electron chi connectivity index (χ3n) is 1.98. The lowest BCUT2D eigenvalue weighted by atomic mass is 10.1. The fourth-order valence-corrected chi connectivity index (χ4v) is 1.38. The molecule has 0 aliphatic carbocycles. The highest BCUT2D eigenvalue weighted by Crippen LogP contribution is 2.22. The van der Waals surface area contributed by atoms with Crippen LogP contribution in [-0.2, 0) is 9.63 Å². The second-order valence-corrected chi connectivity index (χ2v) is 3.03. The first-order chi connectivity index (χ1) is 8.11. The van der Waals surface area contributed by atoms with Gasteiger partial charge in [-0.15, -0.1) is 0 Å². The lowest BCUT2D eigenvalue weighted by molar-refractivity contribution is -0.165. The highest BCUT2D eigenvalue weighted by molar-refractivity contribution is 6.20. The van der Waals surface area contributed by atoms with E-state index in [1.54, 1.807) is 12.1 Å². The molecule has 5 heteroatoms. The van der Waals surface area contributed by atoms with Crippen LogP contribution in [0.3, 0.4) is 0 Å². The summed E-state index contributed by atoms with van der Waals surface area (Å²) in [5, 5.41) is 0.479. The zero-order chi connectivity index (χ0) is 13.0. The number of amides is 2. The van der Waals surface area contributed by atoms with Crippen molar-refractivity contribution in [1.29, 1.82) is 0 Å². The summed E-state index contributed by atoms with van der Waals surface area (Å²) in [5.41, 5.74) is 0.507. The van der Waals surface area contributed by atoms with Gasteiger partial charge < -0.3 is 4.84 Å². The van der Waals surface area contributed by atoms with Crippen molar-refractivity contribution in [2.24, 2.45) is 0 Å². The minimum absolute atomic E-state index is 0.253. The maximum Gasteiger partial charge on any atom is 0.330 e. The molecular weight excluding hydrogens is 222 g/mol. The van der Waals surface area contributed by atoms with Gasteiger partial charge in [0.25, 0.3) is 11.8 Å². The Labute approximate surface area is 98.9 Å². The van der Waals surface area contributed by atoms with Gasteiger partial charge in [-0.05, 0) is 12.1 Å². The van der Waals surface area contributed by atoms with E-state index < -0.39 is 17.8 Å². The van der Waals surface area contributed by atoms with Crippen LogP contribution in [-0.4, -0.2) is 22.8 Å². The smallest absolute Gasteiger partial charge is 0.330 e. The van der Waals surface area contributed by atoms with Gasteiger partial charge in [0.2, 0.25) is 0 Å². The molecule has 1 heterocycles. The normalized spacial score (nSPS) is 12.8. The molecule has 0 N–H and O–H groups in total. The molecule has 90 valence electrons. The molecule has 2 amide bonds. The Kier molecular flexibility index (Phi) is 3.98. The van der Waals surface area contributed by atoms with Crippen LogP contribution < -0.4 is 0 Å². The SMILES string of the molecule is CC.CC(=O)ON1C(=O)c2ccccc2C1=O. The number of nitrogens with zero attached hydrogens (tertiary/aromatic N) is 1. The van der Waals surface area contributed by atoms with Crippen LogP contribution in [0.25, 0.3) is 0 Å². The van der Waals surface area contributed by atoms with Gasteiger partial charge in [0.05, 0.1) is 11.1 Å². The van der Waals surface area contributed by atoms with Crippen molar-refractivity contribution in [3.05, 3.63) is 35.4 Å². The number of fused-ring (bicyclic) bond motifs is 1. The zero-order valence-corrected chi connectivity index (χ0v) is 9.89. The Hall–Kier alpha value is -2.17. The van der Waals surface area contributed by atoms with Gasteiger partial charge in [-0.2, -0.15) is 0 Å².